The first-order chi connectivity index (χ1) is 67.3. The zero-order valence-electron chi connectivity index (χ0n) is 84.3. The molecule has 52 heteroatoms. The van der Waals surface area contributed by atoms with E-state index in [-0.39, 0.29) is 100 Å². The molecule has 2 aromatic heterocycles. The molecule has 46 nitrogen and oxygen atoms in total. The summed E-state index contributed by atoms with van der Waals surface area (Å²) in [4.78, 5) is 25.2. The Morgan fingerprint density at radius 2 is 0.622 bits per heavy atom. The minimum atomic E-state index is -1.48. The van der Waals surface area contributed by atoms with Crippen LogP contribution in [0.3, 0.4) is 0 Å². The van der Waals surface area contributed by atoms with Crippen molar-refractivity contribution in [1.29, 1.82) is 0 Å². The SMILES string of the molecule is CC(=S)NC1[C@H](O[C@H]2C(CO)OC(O)[C@H](NC(C)=S)C2O)OC(CO)[C@@H](O)[C@@H]1O.CC(=S)NC1[C@H](O[C@H]2C(CO)OC(OCC3Oc4c(co[n+]4C)[C@@H](O)[C@@H]3O)[C@H](NC(C)=S)C2O)OC(CO)[C@@H](O)[C@@H]1O.CCC1OC(OC(C)=O)[C@H](C)C(C)[C@H]1O[C@@H]1OC(CC)[C@@H](C)[C@H](C)C1C.CCC1OC(OC(C)=O)[C@H](NC(C)=S)C(O)[C@H]1O[C@@H]1OC(CC)[C@@H](C)[C@H](C)C1NC(C)=S.C[n+]1occ2c1OC(CO)[C@@H](O)[C@@H]2O. The molecule has 143 heavy (non-hydrogen) atoms. The van der Waals surface area contributed by atoms with Gasteiger partial charge >= 0.3 is 23.7 Å². The second-order valence-corrected chi connectivity index (χ2v) is 41.5. The lowest BCUT2D eigenvalue weighted by Crippen LogP contribution is -2.69. The number of fused-ring (bicyclic) bond motifs is 2. The molecular formula is C91H154N8O38S6+2. The van der Waals surface area contributed by atoms with Crippen LogP contribution in [0.2, 0.25) is 0 Å². The van der Waals surface area contributed by atoms with Gasteiger partial charge in [0.15, 0.2) is 76.6 Å². The molecule has 46 atom stereocenters. The van der Waals surface area contributed by atoms with Crippen LogP contribution in [0.1, 0.15) is 181 Å². The Kier molecular flexibility index (Phi) is 48.7. The normalized spacial score (nSPS) is 40.9. The molecule has 10 aliphatic rings. The van der Waals surface area contributed by atoms with Crippen LogP contribution in [0.15, 0.2) is 21.6 Å². The average molecular weight is 2160 g/mol. The standard InChI is InChI=1S/C24H37N3O13S2.C22H38N2O6S2.C21H38O5.C16H28N2O9S2.C8H12NO5/c1-8(41)25-14-19(33)17(31)11(4-28)38-24(14)40-21-12(5-29)39-23(15(20(21)34)26-9(2)42)35-7-13-18(32)16(30)10-6-36-27(3)22(10)37-13;1-8-15-10(3)11(4)17(23-12(5)31)21(28-15)30-20-16(9-2)29-22(27-14(7)25)18(19(20)26)24-13(6)32;1-9-17-12(4)11(3)14(6)21(24-17)26-19-13(5)15(7)20(23-16(8)22)25-18(19)10-2;1-5(28)17-9-13(23)14(8(4-20)25-15(9)24)27-16-10(18-6(2)29)12(22)11(21)7(3-19)26-16;1-9-8-4(3-13-9)6(11)7(12)5(2-10)14-8/h6,11-21,23-24,28-34H,4-5,7H2,1-3H3,(H-,25,26,41,42);10-11,15-22,26H,8-9H2,1-7H3,(H,23,31)(H,24,32);11-15,17-21H,9-10H2,1-8H3;7-16,19-24H,3-4H2,1-2H3,(H,17,28)(H,18,29);3,5-7,10-12H,2H2,1H3/q;;;;+1/p+1/t11?,12?,13?,14?,15-,16-,17-,18-,19-,20?,21+,23?,24+;10-,11-,15?,16?,17?,18+,19?,20-,21-,22?;11-,12-,13?,14?,15+,17?,18?,19+,20?,21-;7?,8?,9-,10?,11-,12-,13?,14+,15?,16+;5?,6-,7-/m10011/s1. The number of hydrogen-bond donors (Lipinski definition) is 23. The molecule has 2 aromatic rings. The number of hydrogen-bond acceptors (Lipinski definition) is 44. The van der Waals surface area contributed by atoms with E-state index < -0.39 is 235 Å². The van der Waals surface area contributed by atoms with Gasteiger partial charge < -0.3 is 199 Å². The molecule has 820 valence electrons. The van der Waals surface area contributed by atoms with Crippen LogP contribution in [0.4, 0.5) is 0 Å². The summed E-state index contributed by atoms with van der Waals surface area (Å²) in [7, 11) is 3.17. The fraction of sp³-hybridized carbons (Fsp3) is 0.846. The predicted molar refractivity (Wildman–Crippen MR) is 525 cm³/mol. The van der Waals surface area contributed by atoms with E-state index in [0.717, 1.165) is 19.3 Å². The van der Waals surface area contributed by atoms with Crippen molar-refractivity contribution in [3.63, 3.8) is 0 Å². The Hall–Kier alpha value is -4.90. The van der Waals surface area contributed by atoms with Crippen molar-refractivity contribution in [2.45, 2.75) is 396 Å². The topological polar surface area (TPSA) is 641 Å². The monoisotopic (exact) mass is 2160 g/mol. The maximum Gasteiger partial charge on any atom is 0.420 e. The van der Waals surface area contributed by atoms with Gasteiger partial charge in [0.1, 0.15) is 151 Å². The van der Waals surface area contributed by atoms with Gasteiger partial charge in [-0.3, -0.25) is 9.59 Å². The van der Waals surface area contributed by atoms with E-state index in [2.05, 4.69) is 101 Å². The number of rotatable bonds is 28. The maximum absolute atomic E-state index is 11.6. The number of carbonyl (C=O) groups is 2. The Balaban J connectivity index is 0.000000226. The van der Waals surface area contributed by atoms with E-state index in [1.54, 1.807) is 48.7 Å². The highest BCUT2D eigenvalue weighted by molar-refractivity contribution is 7.81. The van der Waals surface area contributed by atoms with Crippen LogP contribution in [0.25, 0.3) is 0 Å². The fourth-order valence-electron chi connectivity index (χ4n) is 19.0. The van der Waals surface area contributed by atoms with Gasteiger partial charge in [0, 0.05) is 35.2 Å². The van der Waals surface area contributed by atoms with E-state index >= 15 is 0 Å². The molecule has 8 saturated heterocycles. The largest absolute Gasteiger partial charge is 0.436 e. The molecular weight excluding hydrogens is 2010 g/mol. The number of thiocarbonyl (C=S) groups is 6. The van der Waals surface area contributed by atoms with Crippen LogP contribution in [-0.4, -0.2) is 395 Å². The van der Waals surface area contributed by atoms with Crippen molar-refractivity contribution in [3.05, 3.63) is 23.7 Å². The molecule has 12 heterocycles. The maximum atomic E-state index is 11.6. The number of aromatic nitrogens is 2. The quantitative estimate of drug-likeness (QED) is 0.0235. The summed E-state index contributed by atoms with van der Waals surface area (Å²) in [5, 5.41) is 191. The van der Waals surface area contributed by atoms with Gasteiger partial charge in [0.2, 0.25) is 12.6 Å². The molecule has 22 unspecified atom stereocenters. The smallest absolute Gasteiger partial charge is 0.420 e. The van der Waals surface area contributed by atoms with Crippen LogP contribution >= 0.6 is 73.3 Å². The van der Waals surface area contributed by atoms with Crippen LogP contribution in [0.5, 0.6) is 11.8 Å². The Morgan fingerprint density at radius 1 is 0.315 bits per heavy atom. The first-order valence-corrected chi connectivity index (χ1v) is 50.7. The van der Waals surface area contributed by atoms with E-state index in [9.17, 15) is 91.3 Å². The molecule has 0 saturated carbocycles. The summed E-state index contributed by atoms with van der Waals surface area (Å²) < 4.78 is 113. The zero-order valence-corrected chi connectivity index (χ0v) is 89.2. The Labute approximate surface area is 864 Å². The summed E-state index contributed by atoms with van der Waals surface area (Å²) >= 11 is 30.7. The molecule has 8 fully saturated rings. The van der Waals surface area contributed by atoms with E-state index in [1.807, 2.05) is 13.8 Å². The van der Waals surface area contributed by atoms with Gasteiger partial charge in [-0.05, 0) is 96.8 Å². The minimum absolute atomic E-state index is 0.0196. The molecule has 0 spiro atoms. The number of carbonyl (C=O) groups excluding carboxylic acids is 2. The van der Waals surface area contributed by atoms with Gasteiger partial charge in [0.25, 0.3) is 0 Å². The molecule has 0 amide bonds. The predicted octanol–water partition coefficient (Wildman–Crippen LogP) is -2.63. The number of aryl methyl sites for hydroxylation is 2. The zero-order chi connectivity index (χ0) is 107. The first kappa shape index (κ1) is 123. The third-order valence-corrected chi connectivity index (χ3v) is 28.4. The lowest BCUT2D eigenvalue weighted by atomic mass is 9.78. The van der Waals surface area contributed by atoms with Crippen molar-refractivity contribution < 1.29 is 195 Å². The van der Waals surface area contributed by atoms with Crippen molar-refractivity contribution in [2.24, 2.45) is 55.5 Å². The van der Waals surface area contributed by atoms with Crippen molar-refractivity contribution in [3.8, 4) is 11.8 Å². The van der Waals surface area contributed by atoms with Gasteiger partial charge in [0.05, 0.1) is 106 Å². The number of ether oxygens (including phenoxy) is 17. The lowest BCUT2D eigenvalue weighted by molar-refractivity contribution is -0.848. The van der Waals surface area contributed by atoms with E-state index in [0.29, 0.717) is 56.5 Å². The Morgan fingerprint density at radius 3 is 1.04 bits per heavy atom. The highest BCUT2D eigenvalue weighted by atomic mass is 32.1. The summed E-state index contributed by atoms with van der Waals surface area (Å²) in [6, 6.07) is -5.23. The second kappa shape index (κ2) is 56.5. The number of aliphatic hydroxyl groups excluding tert-OH is 17. The van der Waals surface area contributed by atoms with Crippen molar-refractivity contribution in [1.82, 2.24) is 31.9 Å². The van der Waals surface area contributed by atoms with Crippen LogP contribution < -0.4 is 50.9 Å². The highest BCUT2D eigenvalue weighted by Gasteiger charge is 2.58. The number of esters is 2. The second-order valence-electron chi connectivity index (χ2n) is 37.8. The average Bonchev–Trinajstić information content (AvgIpc) is 1.46. The third kappa shape index (κ3) is 31.0. The third-order valence-electron chi connectivity index (χ3n) is 27.7. The summed E-state index contributed by atoms with van der Waals surface area (Å²) in [5.74, 6) is 1.96. The summed E-state index contributed by atoms with van der Waals surface area (Å²) in [6.45, 7) is 32.9. The molecule has 0 radical (unpaired) electrons. The van der Waals surface area contributed by atoms with Crippen LogP contribution in [0, 0.1) is 41.4 Å². The van der Waals surface area contributed by atoms with Gasteiger partial charge in [-0.15, -0.1) is 0 Å². The molecule has 23 N–H and O–H groups in total. The van der Waals surface area contributed by atoms with Crippen molar-refractivity contribution in [2.75, 3.05) is 39.6 Å². The van der Waals surface area contributed by atoms with Gasteiger partial charge in [-0.1, -0.05) is 149 Å². The molecule has 0 aliphatic carbocycles. The minimum Gasteiger partial charge on any atom is -0.436 e. The van der Waals surface area contributed by atoms with Crippen molar-refractivity contribution >= 4 is 115 Å². The lowest BCUT2D eigenvalue weighted by Gasteiger charge is -2.49. The summed E-state index contributed by atoms with van der Waals surface area (Å²) in [6.07, 6.45) is -26.8. The molecule has 0 bridgehead atoms. The van der Waals surface area contributed by atoms with Gasteiger partial charge in [-0.25, -0.2) is 9.05 Å². The first-order valence-electron chi connectivity index (χ1n) is 48.3. The fourth-order valence-corrected chi connectivity index (χ4v) is 19.8. The molecule has 10 aliphatic heterocycles. The van der Waals surface area contributed by atoms with Gasteiger partial charge in [-0.2, -0.15) is 0 Å². The van der Waals surface area contributed by atoms with E-state index in [4.69, 9.17) is 168 Å². The highest BCUT2D eigenvalue weighted by Crippen LogP contribution is 2.44. The molecule has 12 rings (SSSR count). The number of aliphatic hydroxyl groups is 17. The summed E-state index contributed by atoms with van der Waals surface area (Å²) in [5.41, 5.74) is 0.661. The number of nitrogens with one attached hydrogen (secondary N) is 6. The van der Waals surface area contributed by atoms with E-state index in [1.165, 1.54) is 35.9 Å². The van der Waals surface area contributed by atoms with Crippen LogP contribution in [-0.2, 0) is 94.7 Å². The number of nitrogens with zero attached hydrogens (tertiary/aromatic N) is 2. The molecule has 0 aromatic carbocycles. The Bertz CT molecular complexity index is 4360.